The quantitative estimate of drug-likeness (QED) is 0.800. The Morgan fingerprint density at radius 1 is 1.47 bits per heavy atom. The van der Waals surface area contributed by atoms with Crippen molar-refractivity contribution in [2.24, 2.45) is 0 Å². The van der Waals surface area contributed by atoms with Gasteiger partial charge in [-0.05, 0) is 11.8 Å². The highest BCUT2D eigenvalue weighted by Crippen LogP contribution is 2.38. The number of rotatable bonds is 1. The summed E-state index contributed by atoms with van der Waals surface area (Å²) in [4.78, 5) is 5.79. The van der Waals surface area contributed by atoms with E-state index in [1.54, 1.807) is 11.3 Å². The number of hydrogen-bond acceptors (Lipinski definition) is 4. The van der Waals surface area contributed by atoms with E-state index in [1.807, 2.05) is 0 Å². The van der Waals surface area contributed by atoms with Gasteiger partial charge in [-0.15, -0.1) is 11.3 Å². The van der Waals surface area contributed by atoms with E-state index < -0.39 is 0 Å². The summed E-state index contributed by atoms with van der Waals surface area (Å²) in [6, 6.07) is 0. The van der Waals surface area contributed by atoms with E-state index in [0.29, 0.717) is 11.0 Å². The van der Waals surface area contributed by atoms with Gasteiger partial charge in [-0.1, -0.05) is 20.8 Å². The first-order valence-corrected chi connectivity index (χ1v) is 6.14. The number of nitrogens with two attached hydrogens (primary N) is 1. The molecule has 0 spiro atoms. The van der Waals surface area contributed by atoms with Crippen LogP contribution in [-0.2, 0) is 10.2 Å². The number of ether oxygens (including phenoxy) is 1. The molecular weight excluding hydrogens is 208 g/mol. The standard InChI is InChI=1S/C11H18N2OS/c1-11(2,3)9-8(13-10(12)15-9)7-4-5-14-6-7/h7H,4-6H2,1-3H3,(H2,12,13). The Bertz CT molecular complexity index is 348. The van der Waals surface area contributed by atoms with Gasteiger partial charge in [0, 0.05) is 17.4 Å². The Morgan fingerprint density at radius 2 is 2.20 bits per heavy atom. The lowest BCUT2D eigenvalue weighted by Crippen LogP contribution is -2.14. The molecule has 2 rings (SSSR count). The summed E-state index contributed by atoms with van der Waals surface area (Å²) in [6.45, 7) is 8.27. The van der Waals surface area contributed by atoms with Gasteiger partial charge < -0.3 is 10.5 Å². The van der Waals surface area contributed by atoms with Gasteiger partial charge in [0.1, 0.15) is 0 Å². The van der Waals surface area contributed by atoms with Crippen molar-refractivity contribution < 1.29 is 4.74 Å². The van der Waals surface area contributed by atoms with E-state index in [9.17, 15) is 0 Å². The Kier molecular flexibility index (Phi) is 2.73. The van der Waals surface area contributed by atoms with Crippen molar-refractivity contribution in [1.82, 2.24) is 4.98 Å². The summed E-state index contributed by atoms with van der Waals surface area (Å²) < 4.78 is 5.41. The molecule has 3 nitrogen and oxygen atoms in total. The van der Waals surface area contributed by atoms with Gasteiger partial charge in [0.2, 0.25) is 0 Å². The second-order valence-corrected chi connectivity index (χ2v) is 6.11. The second kappa shape index (κ2) is 3.76. The molecule has 1 fully saturated rings. The summed E-state index contributed by atoms with van der Waals surface area (Å²) in [5.74, 6) is 0.452. The van der Waals surface area contributed by atoms with Crippen molar-refractivity contribution in [3.63, 3.8) is 0 Å². The third-order valence-corrected chi connectivity index (χ3v) is 3.99. The third-order valence-electron chi connectivity index (χ3n) is 2.67. The van der Waals surface area contributed by atoms with Crippen LogP contribution in [0.3, 0.4) is 0 Å². The highest BCUT2D eigenvalue weighted by Gasteiger charge is 2.29. The average molecular weight is 226 g/mol. The third kappa shape index (κ3) is 2.16. The van der Waals surface area contributed by atoms with Crippen LogP contribution in [0.15, 0.2) is 0 Å². The van der Waals surface area contributed by atoms with Crippen LogP contribution in [0.4, 0.5) is 5.13 Å². The molecule has 84 valence electrons. The molecule has 1 unspecified atom stereocenters. The molecule has 4 heteroatoms. The van der Waals surface area contributed by atoms with E-state index in [2.05, 4.69) is 25.8 Å². The van der Waals surface area contributed by atoms with Crippen molar-refractivity contribution in [2.75, 3.05) is 18.9 Å². The number of hydrogen-bond donors (Lipinski definition) is 1. The number of thiazole rings is 1. The van der Waals surface area contributed by atoms with Crippen LogP contribution in [0.5, 0.6) is 0 Å². The number of nitrogens with zero attached hydrogens (tertiary/aromatic N) is 1. The zero-order chi connectivity index (χ0) is 11.1. The number of aromatic nitrogens is 1. The lowest BCUT2D eigenvalue weighted by molar-refractivity contribution is 0.193. The maximum Gasteiger partial charge on any atom is 0.180 e. The first kappa shape index (κ1) is 10.9. The average Bonchev–Trinajstić information content (AvgIpc) is 2.68. The minimum atomic E-state index is 0.132. The topological polar surface area (TPSA) is 48.1 Å². The van der Waals surface area contributed by atoms with E-state index in [0.717, 1.165) is 19.6 Å². The van der Waals surface area contributed by atoms with E-state index >= 15 is 0 Å². The Balaban J connectivity index is 2.37. The van der Waals surface area contributed by atoms with Crippen molar-refractivity contribution in [1.29, 1.82) is 0 Å². The fraction of sp³-hybridized carbons (Fsp3) is 0.727. The first-order valence-electron chi connectivity index (χ1n) is 5.33. The molecular formula is C11H18N2OS. The van der Waals surface area contributed by atoms with Crippen molar-refractivity contribution in [2.45, 2.75) is 38.5 Å². The Morgan fingerprint density at radius 3 is 2.73 bits per heavy atom. The minimum Gasteiger partial charge on any atom is -0.381 e. The largest absolute Gasteiger partial charge is 0.381 e. The fourth-order valence-corrected chi connectivity index (χ4v) is 2.89. The molecule has 0 aromatic carbocycles. The smallest absolute Gasteiger partial charge is 0.180 e. The maximum atomic E-state index is 5.81. The summed E-state index contributed by atoms with van der Waals surface area (Å²) >= 11 is 1.62. The fourth-order valence-electron chi connectivity index (χ4n) is 1.91. The molecule has 0 bridgehead atoms. The van der Waals surface area contributed by atoms with Crippen LogP contribution in [-0.4, -0.2) is 18.2 Å². The Labute approximate surface area is 94.7 Å². The number of anilines is 1. The molecule has 2 N–H and O–H groups in total. The highest BCUT2D eigenvalue weighted by atomic mass is 32.1. The SMILES string of the molecule is CC(C)(C)c1sc(N)nc1C1CCOC1. The molecule has 0 saturated carbocycles. The van der Waals surface area contributed by atoms with Crippen LogP contribution in [0.1, 0.15) is 43.7 Å². The van der Waals surface area contributed by atoms with Crippen molar-refractivity contribution in [3.8, 4) is 0 Å². The summed E-state index contributed by atoms with van der Waals surface area (Å²) in [5, 5.41) is 0.682. The molecule has 0 amide bonds. The molecule has 15 heavy (non-hydrogen) atoms. The molecule has 1 aliphatic heterocycles. The summed E-state index contributed by atoms with van der Waals surface area (Å²) in [5.41, 5.74) is 7.11. The molecule has 0 aliphatic carbocycles. The monoisotopic (exact) mass is 226 g/mol. The highest BCUT2D eigenvalue weighted by molar-refractivity contribution is 7.15. The first-order chi connectivity index (χ1) is 6.98. The van der Waals surface area contributed by atoms with Crippen molar-refractivity contribution >= 4 is 16.5 Å². The van der Waals surface area contributed by atoms with Crippen LogP contribution >= 0.6 is 11.3 Å². The van der Waals surface area contributed by atoms with Gasteiger partial charge in [-0.2, -0.15) is 0 Å². The van der Waals surface area contributed by atoms with Gasteiger partial charge in [0.25, 0.3) is 0 Å². The van der Waals surface area contributed by atoms with Crippen LogP contribution in [0.25, 0.3) is 0 Å². The van der Waals surface area contributed by atoms with Crippen LogP contribution in [0.2, 0.25) is 0 Å². The molecule has 0 radical (unpaired) electrons. The lowest BCUT2D eigenvalue weighted by Gasteiger charge is -2.19. The van der Waals surface area contributed by atoms with Gasteiger partial charge in [0.15, 0.2) is 5.13 Å². The minimum absolute atomic E-state index is 0.132. The van der Waals surface area contributed by atoms with Crippen LogP contribution < -0.4 is 5.73 Å². The van der Waals surface area contributed by atoms with E-state index in [-0.39, 0.29) is 5.41 Å². The molecule has 1 aliphatic rings. The molecule has 1 saturated heterocycles. The normalized spacial score (nSPS) is 22.2. The zero-order valence-corrected chi connectivity index (χ0v) is 10.4. The van der Waals surface area contributed by atoms with E-state index in [1.165, 1.54) is 10.6 Å². The van der Waals surface area contributed by atoms with Gasteiger partial charge >= 0.3 is 0 Å². The molecule has 2 heterocycles. The predicted octanol–water partition coefficient (Wildman–Crippen LogP) is 2.53. The number of nitrogen functional groups attached to an aromatic ring is 1. The van der Waals surface area contributed by atoms with Gasteiger partial charge in [0.05, 0.1) is 12.3 Å². The maximum absolute atomic E-state index is 5.81. The van der Waals surface area contributed by atoms with Gasteiger partial charge in [-0.3, -0.25) is 0 Å². The van der Waals surface area contributed by atoms with E-state index in [4.69, 9.17) is 10.5 Å². The molecule has 1 aromatic heterocycles. The summed E-state index contributed by atoms with van der Waals surface area (Å²) in [7, 11) is 0. The van der Waals surface area contributed by atoms with Crippen molar-refractivity contribution in [3.05, 3.63) is 10.6 Å². The predicted molar refractivity (Wildman–Crippen MR) is 63.4 cm³/mol. The Hall–Kier alpha value is -0.610. The van der Waals surface area contributed by atoms with Gasteiger partial charge in [-0.25, -0.2) is 4.98 Å². The zero-order valence-electron chi connectivity index (χ0n) is 9.54. The van der Waals surface area contributed by atoms with Crippen LogP contribution in [0, 0.1) is 0 Å². The summed E-state index contributed by atoms with van der Waals surface area (Å²) in [6.07, 6.45) is 1.08. The molecule has 1 aromatic rings. The lowest BCUT2D eigenvalue weighted by atomic mass is 9.89. The second-order valence-electron chi connectivity index (χ2n) is 5.08. The molecule has 1 atom stereocenters.